The molecule has 2 unspecified atom stereocenters. The van der Waals surface area contributed by atoms with Crippen LogP contribution in [0.4, 0.5) is 8.78 Å². The Morgan fingerprint density at radius 3 is 2.75 bits per heavy atom. The maximum absolute atomic E-state index is 13.9. The second-order valence-corrected chi connectivity index (χ2v) is 5.02. The number of fused-ring (bicyclic) bond motifs is 1. The summed E-state index contributed by atoms with van der Waals surface area (Å²) in [5.74, 6) is -0.979. The predicted octanol–water partition coefficient (Wildman–Crippen LogP) is 3.48. The lowest BCUT2D eigenvalue weighted by atomic mass is 9.90. The minimum absolute atomic E-state index is 0.106. The molecule has 3 rings (SSSR count). The van der Waals surface area contributed by atoms with E-state index in [1.807, 2.05) is 24.3 Å². The van der Waals surface area contributed by atoms with Crippen molar-refractivity contribution in [1.29, 1.82) is 0 Å². The molecule has 2 aromatic carbocycles. The van der Waals surface area contributed by atoms with Crippen LogP contribution in [0, 0.1) is 18.6 Å². The topological polar surface area (TPSA) is 29.5 Å². The average Bonchev–Trinajstić information content (AvgIpc) is 2.86. The quantitative estimate of drug-likeness (QED) is 0.910. The van der Waals surface area contributed by atoms with E-state index in [2.05, 4.69) is 0 Å². The summed E-state index contributed by atoms with van der Waals surface area (Å²) >= 11 is 0. The number of halogens is 2. The van der Waals surface area contributed by atoms with Gasteiger partial charge in [-0.3, -0.25) is 0 Å². The van der Waals surface area contributed by atoms with Gasteiger partial charge in [0.1, 0.15) is 17.4 Å². The third-order valence-electron chi connectivity index (χ3n) is 3.71. The fourth-order valence-electron chi connectivity index (χ4n) is 2.57. The first-order valence-corrected chi connectivity index (χ1v) is 6.43. The maximum Gasteiger partial charge on any atom is 0.131 e. The number of aliphatic hydroxyl groups excluding tert-OH is 1. The van der Waals surface area contributed by atoms with Gasteiger partial charge in [0.2, 0.25) is 0 Å². The van der Waals surface area contributed by atoms with Crippen LogP contribution in [-0.2, 0) is 0 Å². The summed E-state index contributed by atoms with van der Waals surface area (Å²) in [6, 6.07) is 9.53. The van der Waals surface area contributed by atoms with E-state index in [1.54, 1.807) is 6.92 Å². The molecule has 20 heavy (non-hydrogen) atoms. The van der Waals surface area contributed by atoms with Crippen molar-refractivity contribution < 1.29 is 18.6 Å². The van der Waals surface area contributed by atoms with Crippen molar-refractivity contribution in [3.63, 3.8) is 0 Å². The van der Waals surface area contributed by atoms with Crippen molar-refractivity contribution in [1.82, 2.24) is 0 Å². The largest absolute Gasteiger partial charge is 0.493 e. The second-order valence-electron chi connectivity index (χ2n) is 5.02. The molecule has 2 nitrogen and oxygen atoms in total. The lowest BCUT2D eigenvalue weighted by molar-refractivity contribution is 0.126. The van der Waals surface area contributed by atoms with Crippen LogP contribution >= 0.6 is 0 Å². The smallest absolute Gasteiger partial charge is 0.131 e. The Hall–Kier alpha value is -1.94. The zero-order valence-corrected chi connectivity index (χ0v) is 10.9. The summed E-state index contributed by atoms with van der Waals surface area (Å²) in [6.07, 6.45) is -1.06. The SMILES string of the molecule is Cc1cc(C(O)C2COc3ccccc32)c(F)cc1F. The first kappa shape index (κ1) is 13.1. The highest BCUT2D eigenvalue weighted by molar-refractivity contribution is 5.42. The van der Waals surface area contributed by atoms with Crippen LogP contribution in [0.25, 0.3) is 0 Å². The number of ether oxygens (including phenoxy) is 1. The molecule has 4 heteroatoms. The maximum atomic E-state index is 13.9. The molecular formula is C16H14F2O2. The van der Waals surface area contributed by atoms with Crippen LogP contribution in [-0.4, -0.2) is 11.7 Å². The van der Waals surface area contributed by atoms with Gasteiger partial charge in [0.15, 0.2) is 0 Å². The number of aliphatic hydroxyl groups is 1. The normalized spacial score (nSPS) is 18.5. The van der Waals surface area contributed by atoms with Crippen LogP contribution in [0.5, 0.6) is 5.75 Å². The first-order valence-electron chi connectivity index (χ1n) is 6.43. The van der Waals surface area contributed by atoms with Crippen LogP contribution < -0.4 is 4.74 Å². The van der Waals surface area contributed by atoms with Gasteiger partial charge >= 0.3 is 0 Å². The Labute approximate surface area is 115 Å². The summed E-state index contributed by atoms with van der Waals surface area (Å²) in [6.45, 7) is 1.83. The molecule has 2 aromatic rings. The Balaban J connectivity index is 1.98. The molecule has 1 aliphatic rings. The number of rotatable bonds is 2. The number of aryl methyl sites for hydroxylation is 1. The summed E-state index contributed by atoms with van der Waals surface area (Å²) in [4.78, 5) is 0. The number of hydrogen-bond acceptors (Lipinski definition) is 2. The third kappa shape index (κ3) is 2.06. The van der Waals surface area contributed by atoms with Gasteiger partial charge in [-0.25, -0.2) is 8.78 Å². The fourth-order valence-corrected chi connectivity index (χ4v) is 2.57. The highest BCUT2D eigenvalue weighted by atomic mass is 19.1. The van der Waals surface area contributed by atoms with Crippen molar-refractivity contribution in [2.45, 2.75) is 18.9 Å². The van der Waals surface area contributed by atoms with E-state index in [-0.39, 0.29) is 18.1 Å². The van der Waals surface area contributed by atoms with Gasteiger partial charge in [-0.2, -0.15) is 0 Å². The molecule has 0 amide bonds. The van der Waals surface area contributed by atoms with Gasteiger partial charge in [-0.15, -0.1) is 0 Å². The van der Waals surface area contributed by atoms with E-state index in [0.29, 0.717) is 11.3 Å². The summed E-state index contributed by atoms with van der Waals surface area (Å²) < 4.78 is 32.7. The van der Waals surface area contributed by atoms with Gasteiger partial charge in [-0.1, -0.05) is 18.2 Å². The number of hydrogen-bond donors (Lipinski definition) is 1. The summed E-state index contributed by atoms with van der Waals surface area (Å²) in [5.41, 5.74) is 1.27. The highest BCUT2D eigenvalue weighted by Crippen LogP contribution is 2.41. The van der Waals surface area contributed by atoms with E-state index in [4.69, 9.17) is 4.74 Å². The van der Waals surface area contributed by atoms with Crippen LogP contribution in [0.3, 0.4) is 0 Å². The first-order chi connectivity index (χ1) is 9.58. The van der Waals surface area contributed by atoms with Gasteiger partial charge in [-0.05, 0) is 24.6 Å². The van der Waals surface area contributed by atoms with Crippen molar-refractivity contribution in [2.24, 2.45) is 0 Å². The molecule has 0 aliphatic carbocycles. The molecule has 1 heterocycles. The molecule has 0 fully saturated rings. The Kier molecular flexibility index (Phi) is 3.18. The lowest BCUT2D eigenvalue weighted by Crippen LogP contribution is -2.14. The number of benzene rings is 2. The Bertz CT molecular complexity index is 655. The van der Waals surface area contributed by atoms with Gasteiger partial charge in [0.25, 0.3) is 0 Å². The second kappa shape index (κ2) is 4.87. The van der Waals surface area contributed by atoms with Gasteiger partial charge < -0.3 is 9.84 Å². The van der Waals surface area contributed by atoms with Crippen LogP contribution in [0.15, 0.2) is 36.4 Å². The van der Waals surface area contributed by atoms with Gasteiger partial charge in [0.05, 0.1) is 18.6 Å². The number of para-hydroxylation sites is 1. The minimum atomic E-state index is -1.06. The molecule has 2 atom stereocenters. The van der Waals surface area contributed by atoms with E-state index < -0.39 is 17.7 Å². The van der Waals surface area contributed by atoms with E-state index in [1.165, 1.54) is 6.07 Å². The van der Waals surface area contributed by atoms with Crippen molar-refractivity contribution in [2.75, 3.05) is 6.61 Å². The van der Waals surface area contributed by atoms with E-state index in [0.717, 1.165) is 11.6 Å². The van der Waals surface area contributed by atoms with E-state index in [9.17, 15) is 13.9 Å². The van der Waals surface area contributed by atoms with E-state index >= 15 is 0 Å². The fraction of sp³-hybridized carbons (Fsp3) is 0.250. The Morgan fingerprint density at radius 1 is 1.20 bits per heavy atom. The molecule has 104 valence electrons. The molecule has 0 bridgehead atoms. The molecule has 1 aliphatic heterocycles. The van der Waals surface area contributed by atoms with Crippen molar-refractivity contribution in [3.8, 4) is 5.75 Å². The summed E-state index contributed by atoms with van der Waals surface area (Å²) in [5, 5.41) is 10.4. The Morgan fingerprint density at radius 2 is 1.95 bits per heavy atom. The van der Waals surface area contributed by atoms with Crippen molar-refractivity contribution >= 4 is 0 Å². The van der Waals surface area contributed by atoms with Crippen LogP contribution in [0.2, 0.25) is 0 Å². The lowest BCUT2D eigenvalue weighted by Gasteiger charge is -2.19. The molecular weight excluding hydrogens is 262 g/mol. The highest BCUT2D eigenvalue weighted by Gasteiger charge is 2.32. The average molecular weight is 276 g/mol. The van der Waals surface area contributed by atoms with Gasteiger partial charge in [0, 0.05) is 17.2 Å². The van der Waals surface area contributed by atoms with Crippen molar-refractivity contribution in [3.05, 3.63) is 64.7 Å². The molecule has 0 aromatic heterocycles. The zero-order valence-electron chi connectivity index (χ0n) is 10.9. The summed E-state index contributed by atoms with van der Waals surface area (Å²) in [7, 11) is 0. The zero-order chi connectivity index (χ0) is 14.3. The monoisotopic (exact) mass is 276 g/mol. The molecule has 0 saturated carbocycles. The molecule has 0 radical (unpaired) electrons. The molecule has 1 N–H and O–H groups in total. The molecule has 0 saturated heterocycles. The van der Waals surface area contributed by atoms with Crippen LogP contribution in [0.1, 0.15) is 28.7 Å². The standard InChI is InChI=1S/C16H14F2O2/c1-9-6-11(14(18)7-13(9)17)16(19)12-8-20-15-5-3-2-4-10(12)15/h2-7,12,16,19H,8H2,1H3. The minimum Gasteiger partial charge on any atom is -0.493 e. The molecule has 0 spiro atoms. The third-order valence-corrected chi connectivity index (χ3v) is 3.71. The predicted molar refractivity (Wildman–Crippen MR) is 70.7 cm³/mol.